The summed E-state index contributed by atoms with van der Waals surface area (Å²) in [6.45, 7) is 0. The van der Waals surface area contributed by atoms with Gasteiger partial charge in [-0.3, -0.25) is 4.98 Å². The average molecular weight is 577 g/mol. The first kappa shape index (κ1) is 26.3. The van der Waals surface area contributed by atoms with Crippen LogP contribution in [0.5, 0.6) is 0 Å². The van der Waals surface area contributed by atoms with Gasteiger partial charge >= 0.3 is 0 Å². The zero-order valence-corrected chi connectivity index (χ0v) is 24.1. The number of nitrogens with zero attached hydrogens (tertiary/aromatic N) is 4. The largest absolute Gasteiger partial charge is 0.456 e. The van der Waals surface area contributed by atoms with Crippen LogP contribution >= 0.6 is 0 Å². The fourth-order valence-corrected chi connectivity index (χ4v) is 5.77. The van der Waals surface area contributed by atoms with Gasteiger partial charge in [0.05, 0.1) is 23.0 Å². The molecule has 0 radical (unpaired) electrons. The summed E-state index contributed by atoms with van der Waals surface area (Å²) in [4.78, 5) is 14.5. The van der Waals surface area contributed by atoms with Crippen LogP contribution in [0.25, 0.3) is 78.1 Å². The SMILES string of the molecule is N#Cc1ccc(-c2cc(-c3ccc(-c4ccc5oc6ccccc6c5c4)cc3)nc(-c3ccccc3-c3cccnc3)n2)cc1. The van der Waals surface area contributed by atoms with Crippen molar-refractivity contribution in [2.45, 2.75) is 0 Å². The minimum absolute atomic E-state index is 0.604. The van der Waals surface area contributed by atoms with E-state index in [0.717, 1.165) is 72.3 Å². The molecule has 210 valence electrons. The van der Waals surface area contributed by atoms with Gasteiger partial charge in [0.25, 0.3) is 0 Å². The summed E-state index contributed by atoms with van der Waals surface area (Å²) in [6.07, 6.45) is 3.62. The highest BCUT2D eigenvalue weighted by Gasteiger charge is 2.15. The third-order valence-electron chi connectivity index (χ3n) is 8.07. The maximum Gasteiger partial charge on any atom is 0.161 e. The third-order valence-corrected chi connectivity index (χ3v) is 8.07. The molecule has 5 aromatic carbocycles. The minimum Gasteiger partial charge on any atom is -0.456 e. The van der Waals surface area contributed by atoms with E-state index in [9.17, 15) is 5.26 Å². The molecule has 0 bridgehead atoms. The van der Waals surface area contributed by atoms with Crippen LogP contribution in [-0.2, 0) is 0 Å². The standard InChI is InChI=1S/C40H24N4O/c41-24-26-11-13-28(14-12-26)36-23-37(44-40(43-36)34-9-2-1-7-32(34)31-6-5-21-42-25-31)29-17-15-27(16-18-29)30-19-20-39-35(22-30)33-8-3-4-10-38(33)45-39/h1-23,25H. The van der Waals surface area contributed by atoms with E-state index in [1.54, 1.807) is 6.20 Å². The van der Waals surface area contributed by atoms with Crippen LogP contribution in [0.4, 0.5) is 0 Å². The van der Waals surface area contributed by atoms with E-state index in [1.807, 2.05) is 91.1 Å². The van der Waals surface area contributed by atoms with Gasteiger partial charge in [-0.25, -0.2) is 9.97 Å². The van der Waals surface area contributed by atoms with Gasteiger partial charge in [-0.15, -0.1) is 0 Å². The number of aromatic nitrogens is 3. The van der Waals surface area contributed by atoms with Gasteiger partial charge in [0.1, 0.15) is 11.2 Å². The first-order chi connectivity index (χ1) is 22.2. The number of pyridine rings is 1. The van der Waals surface area contributed by atoms with Crippen molar-refractivity contribution in [2.75, 3.05) is 0 Å². The Hall–Kier alpha value is -6.38. The highest BCUT2D eigenvalue weighted by atomic mass is 16.3. The van der Waals surface area contributed by atoms with Gasteiger partial charge in [0, 0.05) is 45.4 Å². The Labute approximate surface area is 259 Å². The van der Waals surface area contributed by atoms with Crippen molar-refractivity contribution >= 4 is 21.9 Å². The number of hydrogen-bond donors (Lipinski definition) is 0. The Morgan fingerprint density at radius 3 is 1.89 bits per heavy atom. The second kappa shape index (κ2) is 11.0. The quantitative estimate of drug-likeness (QED) is 0.204. The fraction of sp³-hybridized carbons (Fsp3) is 0. The van der Waals surface area contributed by atoms with Crippen molar-refractivity contribution in [3.63, 3.8) is 0 Å². The van der Waals surface area contributed by atoms with Crippen molar-refractivity contribution in [2.24, 2.45) is 0 Å². The van der Waals surface area contributed by atoms with Gasteiger partial charge in [0.2, 0.25) is 0 Å². The van der Waals surface area contributed by atoms with E-state index in [4.69, 9.17) is 14.4 Å². The number of benzene rings is 5. The van der Waals surface area contributed by atoms with E-state index in [2.05, 4.69) is 59.6 Å². The molecule has 0 unspecified atom stereocenters. The van der Waals surface area contributed by atoms with Gasteiger partial charge in [-0.1, -0.05) is 91.0 Å². The molecule has 0 N–H and O–H groups in total. The van der Waals surface area contributed by atoms with Crippen LogP contribution in [0.15, 0.2) is 150 Å². The van der Waals surface area contributed by atoms with Gasteiger partial charge in [0.15, 0.2) is 5.82 Å². The van der Waals surface area contributed by atoms with Crippen LogP contribution in [0.2, 0.25) is 0 Å². The molecule has 0 aliphatic rings. The molecule has 0 aliphatic heterocycles. The van der Waals surface area contributed by atoms with Crippen molar-refractivity contribution in [3.05, 3.63) is 151 Å². The molecule has 5 nitrogen and oxygen atoms in total. The zero-order chi connectivity index (χ0) is 30.2. The molecule has 3 heterocycles. The summed E-state index contributed by atoms with van der Waals surface area (Å²) >= 11 is 0. The van der Waals surface area contributed by atoms with Crippen LogP contribution < -0.4 is 0 Å². The molecule has 8 aromatic rings. The summed E-state index contributed by atoms with van der Waals surface area (Å²) in [5.74, 6) is 0.618. The van der Waals surface area contributed by atoms with Gasteiger partial charge in [-0.05, 0) is 59.2 Å². The lowest BCUT2D eigenvalue weighted by Gasteiger charge is -2.13. The Morgan fingerprint density at radius 1 is 0.511 bits per heavy atom. The van der Waals surface area contributed by atoms with Crippen LogP contribution in [0.3, 0.4) is 0 Å². The van der Waals surface area contributed by atoms with E-state index >= 15 is 0 Å². The molecule has 5 heteroatoms. The zero-order valence-electron chi connectivity index (χ0n) is 24.1. The predicted octanol–water partition coefficient (Wildman–Crippen LogP) is 9.98. The van der Waals surface area contributed by atoms with Crippen LogP contribution in [-0.4, -0.2) is 15.0 Å². The maximum absolute atomic E-state index is 9.33. The number of furan rings is 1. The van der Waals surface area contributed by atoms with Gasteiger partial charge in [-0.2, -0.15) is 5.26 Å². The van der Waals surface area contributed by atoms with Crippen molar-refractivity contribution in [1.82, 2.24) is 15.0 Å². The summed E-state index contributed by atoms with van der Waals surface area (Å²) < 4.78 is 6.03. The summed E-state index contributed by atoms with van der Waals surface area (Å²) in [7, 11) is 0. The number of fused-ring (bicyclic) bond motifs is 3. The summed E-state index contributed by atoms with van der Waals surface area (Å²) in [6, 6.07) is 46.7. The monoisotopic (exact) mass is 576 g/mol. The van der Waals surface area contributed by atoms with E-state index in [0.29, 0.717) is 11.4 Å². The lowest BCUT2D eigenvalue weighted by molar-refractivity contribution is 0.669. The maximum atomic E-state index is 9.33. The smallest absolute Gasteiger partial charge is 0.161 e. The first-order valence-corrected chi connectivity index (χ1v) is 14.6. The number of para-hydroxylation sites is 1. The van der Waals surface area contributed by atoms with Crippen molar-refractivity contribution in [3.8, 4) is 62.2 Å². The van der Waals surface area contributed by atoms with E-state index < -0.39 is 0 Å². The molecule has 0 amide bonds. The Bertz CT molecular complexity index is 2370. The fourth-order valence-electron chi connectivity index (χ4n) is 5.77. The lowest BCUT2D eigenvalue weighted by atomic mass is 9.98. The molecule has 0 saturated heterocycles. The van der Waals surface area contributed by atoms with E-state index in [1.165, 1.54) is 0 Å². The Balaban J connectivity index is 1.23. The average Bonchev–Trinajstić information content (AvgIpc) is 3.50. The van der Waals surface area contributed by atoms with Crippen LogP contribution in [0.1, 0.15) is 5.56 Å². The Morgan fingerprint density at radius 2 is 1.16 bits per heavy atom. The molecule has 0 atom stereocenters. The molecule has 8 rings (SSSR count). The first-order valence-electron chi connectivity index (χ1n) is 14.6. The highest BCUT2D eigenvalue weighted by Crippen LogP contribution is 2.35. The molecule has 0 fully saturated rings. The minimum atomic E-state index is 0.604. The van der Waals surface area contributed by atoms with E-state index in [-0.39, 0.29) is 0 Å². The normalized spacial score (nSPS) is 11.1. The molecule has 0 spiro atoms. The molecular weight excluding hydrogens is 552 g/mol. The second-order valence-electron chi connectivity index (χ2n) is 10.8. The van der Waals surface area contributed by atoms with Crippen LogP contribution in [0, 0.1) is 11.3 Å². The number of hydrogen-bond acceptors (Lipinski definition) is 5. The topological polar surface area (TPSA) is 75.6 Å². The predicted molar refractivity (Wildman–Crippen MR) is 179 cm³/mol. The second-order valence-corrected chi connectivity index (χ2v) is 10.8. The number of nitriles is 1. The van der Waals surface area contributed by atoms with Crippen molar-refractivity contribution < 1.29 is 4.42 Å². The van der Waals surface area contributed by atoms with Crippen molar-refractivity contribution in [1.29, 1.82) is 5.26 Å². The molecule has 0 aliphatic carbocycles. The lowest BCUT2D eigenvalue weighted by Crippen LogP contribution is -1.97. The number of rotatable bonds is 5. The molecule has 45 heavy (non-hydrogen) atoms. The van der Waals surface area contributed by atoms with Gasteiger partial charge < -0.3 is 4.42 Å². The molecule has 0 saturated carbocycles. The molecular formula is C40H24N4O. The third kappa shape index (κ3) is 4.91. The summed E-state index contributed by atoms with van der Waals surface area (Å²) in [5.41, 5.74) is 11.0. The summed E-state index contributed by atoms with van der Waals surface area (Å²) in [5, 5.41) is 11.5. The molecule has 3 aromatic heterocycles. The Kier molecular flexibility index (Phi) is 6.44. The highest BCUT2D eigenvalue weighted by molar-refractivity contribution is 6.06.